The van der Waals surface area contributed by atoms with Gasteiger partial charge in [-0.15, -0.1) is 0 Å². The van der Waals surface area contributed by atoms with Gasteiger partial charge in [0.1, 0.15) is 6.54 Å². The summed E-state index contributed by atoms with van der Waals surface area (Å²) in [4.78, 5) is 12.9. The van der Waals surface area contributed by atoms with Gasteiger partial charge >= 0.3 is 0 Å². The fourth-order valence-corrected chi connectivity index (χ4v) is 4.92. The Kier molecular flexibility index (Phi) is 9.46. The number of para-hydroxylation sites is 1. The molecule has 3 aromatic rings. The highest BCUT2D eigenvalue weighted by Gasteiger charge is 2.28. The second-order valence-electron chi connectivity index (χ2n) is 7.89. The molecular formula is C27H31N3O5S. The lowest BCUT2D eigenvalue weighted by Crippen LogP contribution is -2.40. The predicted octanol–water partition coefficient (Wildman–Crippen LogP) is 4.53. The van der Waals surface area contributed by atoms with Crippen LogP contribution in [0, 0.1) is 6.92 Å². The summed E-state index contributed by atoms with van der Waals surface area (Å²) in [6, 6.07) is 20.4. The van der Waals surface area contributed by atoms with Gasteiger partial charge in [-0.2, -0.15) is 5.10 Å². The maximum absolute atomic E-state index is 13.4. The van der Waals surface area contributed by atoms with Gasteiger partial charge in [0.25, 0.3) is 15.9 Å². The number of hydrogen-bond acceptors (Lipinski definition) is 6. The third kappa shape index (κ3) is 6.85. The summed E-state index contributed by atoms with van der Waals surface area (Å²) in [5.74, 6) is 0.641. The van der Waals surface area contributed by atoms with Crippen LogP contribution in [0.15, 0.2) is 82.8 Å². The first-order chi connectivity index (χ1) is 17.4. The summed E-state index contributed by atoms with van der Waals surface area (Å²) in [6.45, 7) is 6.32. The number of anilines is 1. The third-order valence-electron chi connectivity index (χ3n) is 5.13. The van der Waals surface area contributed by atoms with Crippen LogP contribution >= 0.6 is 0 Å². The maximum atomic E-state index is 13.4. The van der Waals surface area contributed by atoms with Crippen LogP contribution < -0.4 is 19.2 Å². The third-order valence-corrected chi connectivity index (χ3v) is 6.91. The van der Waals surface area contributed by atoms with Crippen LogP contribution in [-0.2, 0) is 14.8 Å². The molecule has 0 spiro atoms. The first kappa shape index (κ1) is 26.7. The van der Waals surface area contributed by atoms with Crippen molar-refractivity contribution in [2.24, 2.45) is 5.10 Å². The van der Waals surface area contributed by atoms with Gasteiger partial charge < -0.3 is 9.47 Å². The zero-order chi connectivity index (χ0) is 26.0. The molecule has 190 valence electrons. The number of amides is 1. The van der Waals surface area contributed by atoms with Crippen LogP contribution in [0.3, 0.4) is 0 Å². The molecule has 0 fully saturated rings. The van der Waals surface area contributed by atoms with Gasteiger partial charge in [-0.05, 0) is 67.8 Å². The Bertz CT molecular complexity index is 1290. The standard InChI is InChI=1S/C27H31N3O5S/c1-4-17-35-25-16-15-22(18-26(25)34-5-2)19-28-29-27(31)20-30(24-14-10-9-11-21(24)3)36(32,33)23-12-7-6-8-13-23/h6-16,18-19H,4-5,17,20H2,1-3H3,(H,29,31)/b28-19-. The van der Waals surface area contributed by atoms with Crippen LogP contribution in [-0.4, -0.2) is 40.3 Å². The van der Waals surface area contributed by atoms with Crippen LogP contribution in [0.2, 0.25) is 0 Å². The number of sulfonamides is 1. The lowest BCUT2D eigenvalue weighted by molar-refractivity contribution is -0.119. The molecule has 3 rings (SSSR count). The van der Waals surface area contributed by atoms with Gasteiger partial charge in [-0.3, -0.25) is 9.10 Å². The lowest BCUT2D eigenvalue weighted by atomic mass is 10.2. The highest BCUT2D eigenvalue weighted by atomic mass is 32.2. The van der Waals surface area contributed by atoms with Gasteiger partial charge in [-0.1, -0.05) is 43.3 Å². The van der Waals surface area contributed by atoms with E-state index in [9.17, 15) is 13.2 Å². The molecule has 0 aliphatic rings. The molecule has 0 radical (unpaired) electrons. The minimum absolute atomic E-state index is 0.0957. The van der Waals surface area contributed by atoms with E-state index < -0.39 is 22.5 Å². The number of nitrogens with zero attached hydrogens (tertiary/aromatic N) is 2. The molecule has 8 nitrogen and oxygen atoms in total. The molecular weight excluding hydrogens is 478 g/mol. The van der Waals surface area contributed by atoms with Crippen LogP contribution in [0.5, 0.6) is 11.5 Å². The summed E-state index contributed by atoms with van der Waals surface area (Å²) in [6.07, 6.45) is 2.34. The summed E-state index contributed by atoms with van der Waals surface area (Å²) in [5.41, 5.74) is 4.26. The van der Waals surface area contributed by atoms with E-state index in [1.165, 1.54) is 18.3 Å². The monoisotopic (exact) mass is 509 g/mol. The molecule has 0 bridgehead atoms. The fraction of sp³-hybridized carbons (Fsp3) is 0.259. The van der Waals surface area contributed by atoms with Crippen molar-refractivity contribution in [3.05, 3.63) is 83.9 Å². The van der Waals surface area contributed by atoms with Gasteiger partial charge in [-0.25, -0.2) is 13.8 Å². The highest BCUT2D eigenvalue weighted by Crippen LogP contribution is 2.28. The Hall–Kier alpha value is -3.85. The minimum atomic E-state index is -3.98. The molecule has 0 aromatic heterocycles. The summed E-state index contributed by atoms with van der Waals surface area (Å²) in [5, 5.41) is 4.02. The van der Waals surface area contributed by atoms with Crippen LogP contribution in [0.1, 0.15) is 31.4 Å². The molecule has 3 aromatic carbocycles. The van der Waals surface area contributed by atoms with Gasteiger partial charge in [0.15, 0.2) is 11.5 Å². The Morgan fingerprint density at radius 1 is 0.972 bits per heavy atom. The Balaban J connectivity index is 1.78. The predicted molar refractivity (Wildman–Crippen MR) is 141 cm³/mol. The lowest BCUT2D eigenvalue weighted by Gasteiger charge is -2.25. The minimum Gasteiger partial charge on any atom is -0.490 e. The van der Waals surface area contributed by atoms with Crippen molar-refractivity contribution in [2.45, 2.75) is 32.1 Å². The first-order valence-electron chi connectivity index (χ1n) is 11.7. The van der Waals surface area contributed by atoms with E-state index in [1.54, 1.807) is 61.5 Å². The van der Waals surface area contributed by atoms with E-state index in [2.05, 4.69) is 10.5 Å². The summed E-state index contributed by atoms with van der Waals surface area (Å²) >= 11 is 0. The number of ether oxygens (including phenoxy) is 2. The SMILES string of the molecule is CCCOc1ccc(/C=N\NC(=O)CN(c2ccccc2C)S(=O)(=O)c2ccccc2)cc1OCC. The maximum Gasteiger partial charge on any atom is 0.264 e. The normalized spacial score (nSPS) is 11.3. The molecule has 0 heterocycles. The number of rotatable bonds is 12. The number of hydrazone groups is 1. The summed E-state index contributed by atoms with van der Waals surface area (Å²) < 4.78 is 39.2. The average molecular weight is 510 g/mol. The number of benzene rings is 3. The number of aryl methyl sites for hydroxylation is 1. The molecule has 9 heteroatoms. The number of carbonyl (C=O) groups excluding carboxylic acids is 1. The van der Waals surface area contributed by atoms with Crippen molar-refractivity contribution in [1.82, 2.24) is 5.43 Å². The first-order valence-corrected chi connectivity index (χ1v) is 13.2. The Morgan fingerprint density at radius 3 is 2.39 bits per heavy atom. The van der Waals surface area contributed by atoms with Crippen LogP contribution in [0.25, 0.3) is 0 Å². The van der Waals surface area contributed by atoms with E-state index in [0.29, 0.717) is 36.0 Å². The van der Waals surface area contributed by atoms with E-state index in [0.717, 1.165) is 16.3 Å². The van der Waals surface area contributed by atoms with E-state index in [-0.39, 0.29) is 4.90 Å². The molecule has 0 aliphatic carbocycles. The van der Waals surface area contributed by atoms with Crippen molar-refractivity contribution < 1.29 is 22.7 Å². The highest BCUT2D eigenvalue weighted by molar-refractivity contribution is 7.92. The van der Waals surface area contributed by atoms with Gasteiger partial charge in [0, 0.05) is 0 Å². The molecule has 36 heavy (non-hydrogen) atoms. The molecule has 0 unspecified atom stereocenters. The van der Waals surface area contributed by atoms with Gasteiger partial charge in [0.05, 0.1) is 30.0 Å². The second kappa shape index (κ2) is 12.7. The zero-order valence-electron chi connectivity index (χ0n) is 20.7. The van der Waals surface area contributed by atoms with Gasteiger partial charge in [0.2, 0.25) is 0 Å². The number of hydrogen-bond donors (Lipinski definition) is 1. The second-order valence-corrected chi connectivity index (χ2v) is 9.75. The van der Waals surface area contributed by atoms with E-state index in [1.807, 2.05) is 19.9 Å². The summed E-state index contributed by atoms with van der Waals surface area (Å²) in [7, 11) is -3.98. The number of carbonyl (C=O) groups is 1. The Labute approximate surface area is 212 Å². The fourth-order valence-electron chi connectivity index (χ4n) is 3.41. The largest absolute Gasteiger partial charge is 0.490 e. The number of nitrogens with one attached hydrogen (secondary N) is 1. The molecule has 0 atom stereocenters. The molecule has 0 aliphatic heterocycles. The average Bonchev–Trinajstić information content (AvgIpc) is 2.88. The zero-order valence-corrected chi connectivity index (χ0v) is 21.5. The van der Waals surface area contributed by atoms with Crippen molar-refractivity contribution in [2.75, 3.05) is 24.1 Å². The smallest absolute Gasteiger partial charge is 0.264 e. The van der Waals surface area contributed by atoms with Crippen molar-refractivity contribution in [3.63, 3.8) is 0 Å². The quantitative estimate of drug-likeness (QED) is 0.286. The van der Waals surface area contributed by atoms with E-state index >= 15 is 0 Å². The molecule has 1 amide bonds. The van der Waals surface area contributed by atoms with Crippen molar-refractivity contribution >= 4 is 27.8 Å². The van der Waals surface area contributed by atoms with Crippen molar-refractivity contribution in [1.29, 1.82) is 0 Å². The van der Waals surface area contributed by atoms with E-state index in [4.69, 9.17) is 9.47 Å². The molecule has 1 N–H and O–H groups in total. The van der Waals surface area contributed by atoms with Crippen molar-refractivity contribution in [3.8, 4) is 11.5 Å². The van der Waals surface area contributed by atoms with Crippen LogP contribution in [0.4, 0.5) is 5.69 Å². The molecule has 0 saturated carbocycles. The molecule has 0 saturated heterocycles. The Morgan fingerprint density at radius 2 is 1.69 bits per heavy atom. The topological polar surface area (TPSA) is 97.3 Å².